The van der Waals surface area contributed by atoms with Crippen molar-refractivity contribution in [1.29, 1.82) is 0 Å². The molecule has 1 saturated carbocycles. The molecule has 1 saturated heterocycles. The first-order chi connectivity index (χ1) is 7.90. The molecule has 1 aliphatic heterocycles. The third-order valence-electron chi connectivity index (χ3n) is 5.36. The maximum Gasteiger partial charge on any atom is 0.0131 e. The lowest BCUT2D eigenvalue weighted by molar-refractivity contribution is 0.109. The van der Waals surface area contributed by atoms with Crippen molar-refractivity contribution in [1.82, 2.24) is 4.90 Å². The fourth-order valence-electron chi connectivity index (χ4n) is 3.74. The van der Waals surface area contributed by atoms with Gasteiger partial charge >= 0.3 is 0 Å². The van der Waals surface area contributed by atoms with Crippen molar-refractivity contribution in [2.45, 2.75) is 53.0 Å². The van der Waals surface area contributed by atoms with Gasteiger partial charge in [0.05, 0.1) is 0 Å². The van der Waals surface area contributed by atoms with E-state index >= 15 is 0 Å². The van der Waals surface area contributed by atoms with E-state index in [0.717, 1.165) is 17.8 Å². The summed E-state index contributed by atoms with van der Waals surface area (Å²) in [5.41, 5.74) is 6.82. The van der Waals surface area contributed by atoms with Crippen molar-refractivity contribution in [3.63, 3.8) is 0 Å². The van der Waals surface area contributed by atoms with Crippen LogP contribution in [-0.4, -0.2) is 30.6 Å². The number of likely N-dealkylation sites (tertiary alicyclic amines) is 1. The highest BCUT2D eigenvalue weighted by Crippen LogP contribution is 2.38. The van der Waals surface area contributed by atoms with Gasteiger partial charge in [0.2, 0.25) is 0 Å². The van der Waals surface area contributed by atoms with Crippen LogP contribution in [0.25, 0.3) is 0 Å². The molecule has 2 fully saturated rings. The van der Waals surface area contributed by atoms with Crippen LogP contribution in [0.15, 0.2) is 0 Å². The van der Waals surface area contributed by atoms with E-state index in [-0.39, 0.29) is 0 Å². The van der Waals surface area contributed by atoms with E-state index in [4.69, 9.17) is 5.73 Å². The predicted molar refractivity (Wildman–Crippen MR) is 73.9 cm³/mol. The summed E-state index contributed by atoms with van der Waals surface area (Å²) in [6.07, 6.45) is 4.01. The molecular formula is C15H30N2. The Morgan fingerprint density at radius 1 is 1.18 bits per heavy atom. The van der Waals surface area contributed by atoms with Gasteiger partial charge in [-0.1, -0.05) is 34.1 Å². The Labute approximate surface area is 107 Å². The second-order valence-corrected chi connectivity index (χ2v) is 7.34. The molecular weight excluding hydrogens is 208 g/mol. The highest BCUT2D eigenvalue weighted by Gasteiger charge is 2.38. The normalized spacial score (nSPS) is 42.9. The van der Waals surface area contributed by atoms with E-state index in [9.17, 15) is 0 Å². The van der Waals surface area contributed by atoms with Crippen molar-refractivity contribution in [2.24, 2.45) is 28.9 Å². The Morgan fingerprint density at radius 2 is 1.76 bits per heavy atom. The van der Waals surface area contributed by atoms with Crippen molar-refractivity contribution < 1.29 is 0 Å². The maximum absolute atomic E-state index is 6.48. The average molecular weight is 238 g/mol. The first-order valence-corrected chi connectivity index (χ1v) is 7.38. The molecule has 0 aromatic carbocycles. The summed E-state index contributed by atoms with van der Waals surface area (Å²) in [4.78, 5) is 2.65. The van der Waals surface area contributed by atoms with Gasteiger partial charge in [0.25, 0.3) is 0 Å². The van der Waals surface area contributed by atoms with Gasteiger partial charge in [0.15, 0.2) is 0 Å². The molecule has 4 atom stereocenters. The monoisotopic (exact) mass is 238 g/mol. The van der Waals surface area contributed by atoms with E-state index in [2.05, 4.69) is 32.6 Å². The van der Waals surface area contributed by atoms with Crippen LogP contribution in [0.3, 0.4) is 0 Å². The van der Waals surface area contributed by atoms with E-state index in [0.29, 0.717) is 11.5 Å². The van der Waals surface area contributed by atoms with Crippen LogP contribution in [0.1, 0.15) is 47.0 Å². The van der Waals surface area contributed by atoms with E-state index in [1.807, 2.05) is 0 Å². The molecule has 0 aromatic rings. The van der Waals surface area contributed by atoms with Crippen molar-refractivity contribution in [2.75, 3.05) is 19.6 Å². The fourth-order valence-corrected chi connectivity index (χ4v) is 3.74. The highest BCUT2D eigenvalue weighted by molar-refractivity contribution is 4.93. The maximum atomic E-state index is 6.48. The zero-order chi connectivity index (χ0) is 12.6. The second kappa shape index (κ2) is 4.89. The van der Waals surface area contributed by atoms with Gasteiger partial charge in [-0.15, -0.1) is 0 Å². The fraction of sp³-hybridized carbons (Fsp3) is 1.00. The average Bonchev–Trinajstić information content (AvgIpc) is 2.54. The van der Waals surface area contributed by atoms with Crippen LogP contribution in [-0.2, 0) is 0 Å². The van der Waals surface area contributed by atoms with Crippen LogP contribution >= 0.6 is 0 Å². The number of nitrogens with zero attached hydrogens (tertiary/aromatic N) is 1. The van der Waals surface area contributed by atoms with Gasteiger partial charge < -0.3 is 10.6 Å². The summed E-state index contributed by atoms with van der Waals surface area (Å²) >= 11 is 0. The van der Waals surface area contributed by atoms with Gasteiger partial charge in [0, 0.05) is 25.7 Å². The molecule has 2 heteroatoms. The van der Waals surface area contributed by atoms with Crippen molar-refractivity contribution in [3.8, 4) is 0 Å². The Morgan fingerprint density at radius 3 is 2.35 bits per heavy atom. The first-order valence-electron chi connectivity index (χ1n) is 7.38. The van der Waals surface area contributed by atoms with Gasteiger partial charge in [-0.25, -0.2) is 0 Å². The lowest BCUT2D eigenvalue weighted by Crippen LogP contribution is -2.50. The summed E-state index contributed by atoms with van der Waals surface area (Å²) in [6.45, 7) is 13.3. The lowest BCUT2D eigenvalue weighted by Gasteiger charge is -2.43. The summed E-state index contributed by atoms with van der Waals surface area (Å²) in [5.74, 6) is 2.45. The van der Waals surface area contributed by atoms with Crippen LogP contribution < -0.4 is 5.73 Å². The minimum Gasteiger partial charge on any atom is -0.327 e. The number of nitrogens with two attached hydrogens (primary N) is 1. The molecule has 0 radical (unpaired) electrons. The summed E-state index contributed by atoms with van der Waals surface area (Å²) in [5, 5.41) is 0. The quantitative estimate of drug-likeness (QED) is 0.801. The van der Waals surface area contributed by atoms with Crippen LogP contribution in [0, 0.1) is 23.2 Å². The molecule has 1 aliphatic carbocycles. The molecule has 2 N–H and O–H groups in total. The third-order valence-corrected chi connectivity index (χ3v) is 5.36. The van der Waals surface area contributed by atoms with Crippen LogP contribution in [0.5, 0.6) is 0 Å². The molecule has 2 rings (SSSR count). The topological polar surface area (TPSA) is 29.3 Å². The lowest BCUT2D eigenvalue weighted by atomic mass is 9.68. The summed E-state index contributed by atoms with van der Waals surface area (Å²) < 4.78 is 0. The Kier molecular flexibility index (Phi) is 3.84. The van der Waals surface area contributed by atoms with Crippen molar-refractivity contribution in [3.05, 3.63) is 0 Å². The number of hydrogen-bond donors (Lipinski definition) is 1. The molecule has 4 unspecified atom stereocenters. The van der Waals surface area contributed by atoms with E-state index in [1.165, 1.54) is 38.9 Å². The van der Waals surface area contributed by atoms with Gasteiger partial charge in [-0.2, -0.15) is 0 Å². The molecule has 0 bridgehead atoms. The smallest absolute Gasteiger partial charge is 0.0131 e. The number of rotatable bonds is 2. The Bertz CT molecular complexity index is 252. The predicted octanol–water partition coefficient (Wildman–Crippen LogP) is 2.73. The second-order valence-electron chi connectivity index (χ2n) is 7.34. The molecule has 2 nitrogen and oxygen atoms in total. The minimum atomic E-state index is 0.347. The Balaban J connectivity index is 1.91. The number of hydrogen-bond acceptors (Lipinski definition) is 2. The molecule has 2 aliphatic rings. The largest absolute Gasteiger partial charge is 0.327 e. The van der Waals surface area contributed by atoms with E-state index < -0.39 is 0 Å². The molecule has 1 heterocycles. The molecule has 0 spiro atoms. The SMILES string of the molecule is CC1CN(CC2CCCC(C)(C)C2N)CC1C. The summed E-state index contributed by atoms with van der Waals surface area (Å²) in [6, 6.07) is 0.391. The third kappa shape index (κ3) is 2.85. The first kappa shape index (κ1) is 13.4. The zero-order valence-corrected chi connectivity index (χ0v) is 12.1. The van der Waals surface area contributed by atoms with Gasteiger partial charge in [0.1, 0.15) is 0 Å². The zero-order valence-electron chi connectivity index (χ0n) is 12.1. The standard InChI is InChI=1S/C15H30N2/c1-11-8-17(9-12(11)2)10-13-6-5-7-15(3,4)14(13)16/h11-14H,5-10,16H2,1-4H3. The molecule has 0 aromatic heterocycles. The van der Waals surface area contributed by atoms with Crippen LogP contribution in [0.2, 0.25) is 0 Å². The highest BCUT2D eigenvalue weighted by atomic mass is 15.2. The molecule has 100 valence electrons. The Hall–Kier alpha value is -0.0800. The van der Waals surface area contributed by atoms with Gasteiger partial charge in [-0.3, -0.25) is 0 Å². The summed E-state index contributed by atoms with van der Waals surface area (Å²) in [7, 11) is 0. The van der Waals surface area contributed by atoms with Crippen molar-refractivity contribution >= 4 is 0 Å². The molecule has 0 amide bonds. The molecule has 17 heavy (non-hydrogen) atoms. The van der Waals surface area contributed by atoms with Crippen LogP contribution in [0.4, 0.5) is 0 Å². The van der Waals surface area contributed by atoms with E-state index in [1.54, 1.807) is 0 Å². The minimum absolute atomic E-state index is 0.347. The van der Waals surface area contributed by atoms with Gasteiger partial charge in [-0.05, 0) is 36.0 Å².